The molecule has 0 aliphatic rings. The molecule has 0 unspecified atom stereocenters. The number of nitrogens with one attached hydrogen (secondary N) is 2. The normalized spacial score (nSPS) is 13.0. The van der Waals surface area contributed by atoms with E-state index >= 15 is 0 Å². The molecule has 2 amide bonds. The van der Waals surface area contributed by atoms with Gasteiger partial charge < -0.3 is 26.6 Å². The van der Waals surface area contributed by atoms with E-state index in [4.69, 9.17) is 15.9 Å². The van der Waals surface area contributed by atoms with Crippen LogP contribution in [0.15, 0.2) is 0 Å². The number of carbonyl (C=O) groups is 4. The van der Waals surface area contributed by atoms with E-state index in [9.17, 15) is 19.2 Å². The molecule has 0 aromatic carbocycles. The number of hydrogen-bond acceptors (Lipinski definition) is 5. The van der Waals surface area contributed by atoms with Crippen LogP contribution in [0, 0.1) is 5.92 Å². The Kier molecular flexibility index (Phi) is 12.8. The van der Waals surface area contributed by atoms with Crippen LogP contribution in [-0.4, -0.2) is 52.6 Å². The van der Waals surface area contributed by atoms with Crippen molar-refractivity contribution in [2.75, 3.05) is 6.54 Å². The molecule has 9 heteroatoms. The van der Waals surface area contributed by atoms with Gasteiger partial charge in [-0.25, -0.2) is 4.79 Å². The van der Waals surface area contributed by atoms with Crippen molar-refractivity contribution in [1.29, 1.82) is 0 Å². The molecule has 0 aliphatic carbocycles. The maximum absolute atomic E-state index is 12.2. The minimum atomic E-state index is -1.31. The molecule has 0 rings (SSSR count). The Morgan fingerprint density at radius 1 is 0.889 bits per heavy atom. The van der Waals surface area contributed by atoms with Crippen molar-refractivity contribution in [3.05, 3.63) is 0 Å². The van der Waals surface area contributed by atoms with Crippen LogP contribution >= 0.6 is 0 Å². The first-order valence-electron chi connectivity index (χ1n) is 9.43. The Labute approximate surface area is 160 Å². The minimum absolute atomic E-state index is 0.187. The highest BCUT2D eigenvalue weighted by Gasteiger charge is 2.29. The Morgan fingerprint density at radius 2 is 1.44 bits per heavy atom. The Balaban J connectivity index is 4.50. The van der Waals surface area contributed by atoms with Crippen LogP contribution in [0.3, 0.4) is 0 Å². The van der Waals surface area contributed by atoms with Crippen molar-refractivity contribution in [3.63, 3.8) is 0 Å². The van der Waals surface area contributed by atoms with E-state index in [-0.39, 0.29) is 12.3 Å². The zero-order valence-corrected chi connectivity index (χ0v) is 16.2. The molecule has 0 saturated heterocycles. The average Bonchev–Trinajstić information content (AvgIpc) is 2.57. The maximum Gasteiger partial charge on any atom is 0.326 e. The van der Waals surface area contributed by atoms with Crippen molar-refractivity contribution < 1.29 is 29.4 Å². The summed E-state index contributed by atoms with van der Waals surface area (Å²) in [6.07, 6.45) is 5.16. The minimum Gasteiger partial charge on any atom is -0.481 e. The Bertz CT molecular complexity index is 495. The summed E-state index contributed by atoms with van der Waals surface area (Å²) in [5, 5.41) is 22.8. The van der Waals surface area contributed by atoms with Gasteiger partial charge in [-0.1, -0.05) is 39.5 Å². The van der Waals surface area contributed by atoms with E-state index in [0.29, 0.717) is 13.0 Å². The van der Waals surface area contributed by atoms with Gasteiger partial charge in [-0.3, -0.25) is 14.4 Å². The number of aliphatic carboxylic acids is 2. The molecule has 9 nitrogen and oxygen atoms in total. The number of carboxylic acids is 2. The molecule has 156 valence electrons. The van der Waals surface area contributed by atoms with Crippen LogP contribution in [0.5, 0.6) is 0 Å². The quantitative estimate of drug-likeness (QED) is 0.261. The van der Waals surface area contributed by atoms with Gasteiger partial charge in [0.1, 0.15) is 12.1 Å². The zero-order chi connectivity index (χ0) is 20.8. The lowest BCUT2D eigenvalue weighted by Crippen LogP contribution is -2.53. The highest BCUT2D eigenvalue weighted by Crippen LogP contribution is 2.08. The average molecular weight is 387 g/mol. The van der Waals surface area contributed by atoms with Gasteiger partial charge in [-0.05, 0) is 25.3 Å². The summed E-state index contributed by atoms with van der Waals surface area (Å²) in [5.74, 6) is -4.09. The highest BCUT2D eigenvalue weighted by molar-refractivity contribution is 5.92. The molecule has 0 saturated carbocycles. The summed E-state index contributed by atoms with van der Waals surface area (Å²) in [6.45, 7) is 3.92. The fraction of sp³-hybridized carbons (Fsp3) is 0.778. The van der Waals surface area contributed by atoms with Crippen molar-refractivity contribution >= 4 is 23.8 Å². The van der Waals surface area contributed by atoms with Crippen molar-refractivity contribution in [2.45, 2.75) is 77.3 Å². The van der Waals surface area contributed by atoms with Crippen molar-refractivity contribution in [3.8, 4) is 0 Å². The largest absolute Gasteiger partial charge is 0.481 e. The Morgan fingerprint density at radius 3 is 1.93 bits per heavy atom. The first kappa shape index (κ1) is 24.8. The van der Waals surface area contributed by atoms with Crippen LogP contribution in [0.2, 0.25) is 0 Å². The number of amides is 2. The van der Waals surface area contributed by atoms with Crippen LogP contribution in [0.4, 0.5) is 0 Å². The molecule has 2 atom stereocenters. The van der Waals surface area contributed by atoms with Crippen molar-refractivity contribution in [2.24, 2.45) is 11.7 Å². The van der Waals surface area contributed by atoms with Crippen LogP contribution < -0.4 is 16.4 Å². The second-order valence-corrected chi connectivity index (χ2v) is 6.95. The highest BCUT2D eigenvalue weighted by atomic mass is 16.4. The zero-order valence-electron chi connectivity index (χ0n) is 16.2. The number of nitrogens with two attached hydrogens (primary N) is 1. The lowest BCUT2D eigenvalue weighted by atomic mass is 10.0. The summed E-state index contributed by atoms with van der Waals surface area (Å²) >= 11 is 0. The monoisotopic (exact) mass is 387 g/mol. The van der Waals surface area contributed by atoms with E-state index in [0.717, 1.165) is 32.1 Å². The molecule has 6 N–H and O–H groups in total. The summed E-state index contributed by atoms with van der Waals surface area (Å²) in [7, 11) is 0. The van der Waals surface area contributed by atoms with Crippen LogP contribution in [0.1, 0.15) is 65.2 Å². The SMILES string of the molecule is CC(C)[C@H](NC(=O)[C@H](CC(=O)O)NC(=O)CCCCCCCCN)C(=O)O. The second-order valence-electron chi connectivity index (χ2n) is 6.95. The summed E-state index contributed by atoms with van der Waals surface area (Å²) in [6, 6.07) is -2.46. The van der Waals surface area contributed by atoms with Gasteiger partial charge in [0.05, 0.1) is 6.42 Å². The molecule has 0 heterocycles. The lowest BCUT2D eigenvalue weighted by molar-refractivity contribution is -0.144. The topological polar surface area (TPSA) is 159 Å². The lowest BCUT2D eigenvalue weighted by Gasteiger charge is -2.22. The van der Waals surface area contributed by atoms with E-state index in [2.05, 4.69) is 10.6 Å². The standard InChI is InChI=1S/C18H33N3O6/c1-12(2)16(18(26)27)21-17(25)13(11-15(23)24)20-14(22)9-7-5-3-4-6-8-10-19/h12-13,16H,3-11,19H2,1-2H3,(H,20,22)(H,21,25)(H,23,24)(H,26,27)/t13-,16-/m0/s1. The third-order valence-corrected chi connectivity index (χ3v) is 4.12. The predicted molar refractivity (Wildman–Crippen MR) is 100.0 cm³/mol. The van der Waals surface area contributed by atoms with E-state index < -0.39 is 42.3 Å². The first-order chi connectivity index (χ1) is 12.7. The number of hydrogen-bond donors (Lipinski definition) is 5. The number of carboxylic acid groups (broad SMARTS) is 2. The van der Waals surface area contributed by atoms with Gasteiger partial charge in [-0.15, -0.1) is 0 Å². The molecule has 0 bridgehead atoms. The molecule has 0 radical (unpaired) electrons. The van der Waals surface area contributed by atoms with Crippen LogP contribution in [-0.2, 0) is 19.2 Å². The fourth-order valence-corrected chi connectivity index (χ4v) is 2.55. The van der Waals surface area contributed by atoms with Gasteiger partial charge >= 0.3 is 11.9 Å². The molecule has 0 fully saturated rings. The van der Waals surface area contributed by atoms with Crippen molar-refractivity contribution in [1.82, 2.24) is 10.6 Å². The summed E-state index contributed by atoms with van der Waals surface area (Å²) in [4.78, 5) is 46.4. The first-order valence-corrected chi connectivity index (χ1v) is 9.43. The number of unbranched alkanes of at least 4 members (excludes halogenated alkanes) is 5. The molecular weight excluding hydrogens is 354 g/mol. The predicted octanol–water partition coefficient (Wildman–Crippen LogP) is 0.861. The summed E-state index contributed by atoms with van der Waals surface area (Å²) < 4.78 is 0. The molecule has 27 heavy (non-hydrogen) atoms. The van der Waals surface area contributed by atoms with Gasteiger partial charge in [0.25, 0.3) is 0 Å². The van der Waals surface area contributed by atoms with Gasteiger partial charge in [0, 0.05) is 6.42 Å². The third kappa shape index (κ3) is 12.0. The molecule has 0 spiro atoms. The molecule has 0 aromatic rings. The molecular formula is C18H33N3O6. The van der Waals surface area contributed by atoms with E-state index in [1.165, 1.54) is 0 Å². The smallest absolute Gasteiger partial charge is 0.326 e. The fourth-order valence-electron chi connectivity index (χ4n) is 2.55. The second kappa shape index (κ2) is 14.0. The number of rotatable bonds is 15. The maximum atomic E-state index is 12.2. The van der Waals surface area contributed by atoms with Gasteiger partial charge in [-0.2, -0.15) is 0 Å². The Hall–Kier alpha value is -2.16. The summed E-state index contributed by atoms with van der Waals surface area (Å²) in [5.41, 5.74) is 5.42. The molecule has 0 aromatic heterocycles. The third-order valence-electron chi connectivity index (χ3n) is 4.12. The van der Waals surface area contributed by atoms with E-state index in [1.807, 2.05) is 0 Å². The van der Waals surface area contributed by atoms with E-state index in [1.54, 1.807) is 13.8 Å². The van der Waals surface area contributed by atoms with Gasteiger partial charge in [0.2, 0.25) is 11.8 Å². The van der Waals surface area contributed by atoms with Crippen LogP contribution in [0.25, 0.3) is 0 Å². The number of carbonyl (C=O) groups excluding carboxylic acids is 2. The van der Waals surface area contributed by atoms with Gasteiger partial charge in [0.15, 0.2) is 0 Å². The molecule has 0 aliphatic heterocycles.